The normalized spacial score (nSPS) is 20.3. The highest BCUT2D eigenvalue weighted by molar-refractivity contribution is 5.63. The third kappa shape index (κ3) is 2.93. The second kappa shape index (κ2) is 5.65. The minimum absolute atomic E-state index is 0.147. The molecule has 1 aliphatic rings. The van der Waals surface area contributed by atoms with Gasteiger partial charge in [-0.05, 0) is 36.5 Å². The van der Waals surface area contributed by atoms with E-state index in [1.165, 1.54) is 11.3 Å². The zero-order chi connectivity index (χ0) is 14.9. The molecular formula is C17H28N2O. The molecule has 0 aliphatic carbocycles. The summed E-state index contributed by atoms with van der Waals surface area (Å²) in [5.41, 5.74) is 8.57. The van der Waals surface area contributed by atoms with Crippen molar-refractivity contribution < 1.29 is 4.74 Å². The van der Waals surface area contributed by atoms with Crippen LogP contribution >= 0.6 is 0 Å². The summed E-state index contributed by atoms with van der Waals surface area (Å²) in [5, 5.41) is 0. The van der Waals surface area contributed by atoms with Gasteiger partial charge in [0, 0.05) is 12.6 Å². The number of hydrogen-bond acceptors (Lipinski definition) is 3. The Bertz CT molecular complexity index is 465. The molecule has 3 nitrogen and oxygen atoms in total. The lowest BCUT2D eigenvalue weighted by atomic mass is 9.86. The topological polar surface area (TPSA) is 38.5 Å². The second-order valence-corrected chi connectivity index (χ2v) is 6.82. The van der Waals surface area contributed by atoms with E-state index < -0.39 is 0 Å². The fourth-order valence-electron chi connectivity index (χ4n) is 2.60. The average molecular weight is 276 g/mol. The van der Waals surface area contributed by atoms with Crippen LogP contribution in [0.4, 0.5) is 5.69 Å². The molecule has 0 radical (unpaired) electrons. The number of nitrogens with two attached hydrogens (primary N) is 1. The van der Waals surface area contributed by atoms with Gasteiger partial charge in [-0.15, -0.1) is 0 Å². The number of benzene rings is 1. The van der Waals surface area contributed by atoms with E-state index >= 15 is 0 Å². The molecule has 2 unspecified atom stereocenters. The Hall–Kier alpha value is -1.22. The summed E-state index contributed by atoms with van der Waals surface area (Å²) in [6.07, 6.45) is 1.28. The molecule has 2 N–H and O–H groups in total. The Morgan fingerprint density at radius 1 is 1.40 bits per heavy atom. The van der Waals surface area contributed by atoms with Gasteiger partial charge in [0.1, 0.15) is 11.9 Å². The van der Waals surface area contributed by atoms with E-state index in [2.05, 4.69) is 57.7 Å². The smallest absolute Gasteiger partial charge is 0.143 e. The van der Waals surface area contributed by atoms with Crippen LogP contribution in [0, 0.1) is 0 Å². The molecule has 1 aromatic carbocycles. The Morgan fingerprint density at radius 3 is 2.65 bits per heavy atom. The van der Waals surface area contributed by atoms with Crippen molar-refractivity contribution in [1.82, 2.24) is 0 Å². The van der Waals surface area contributed by atoms with Crippen LogP contribution in [0.25, 0.3) is 0 Å². The third-order valence-corrected chi connectivity index (χ3v) is 4.16. The van der Waals surface area contributed by atoms with Crippen molar-refractivity contribution in [2.24, 2.45) is 5.73 Å². The SMILES string of the molecule is CCC1CN(C(C)CN)c2cc(C(C)(C)C)ccc2O1. The van der Waals surface area contributed by atoms with E-state index in [0.29, 0.717) is 12.6 Å². The molecule has 0 amide bonds. The number of ether oxygens (including phenoxy) is 1. The number of fused-ring (bicyclic) bond motifs is 1. The Balaban J connectivity index is 2.43. The molecular weight excluding hydrogens is 248 g/mol. The van der Waals surface area contributed by atoms with Crippen molar-refractivity contribution in [2.45, 2.75) is 58.6 Å². The van der Waals surface area contributed by atoms with Gasteiger partial charge >= 0.3 is 0 Å². The highest BCUT2D eigenvalue weighted by Crippen LogP contribution is 2.38. The van der Waals surface area contributed by atoms with Crippen LogP contribution in [0.2, 0.25) is 0 Å². The standard InChI is InChI=1S/C17H28N2O/c1-6-14-11-19(12(2)10-18)15-9-13(17(3,4)5)7-8-16(15)20-14/h7-9,12,14H,6,10-11,18H2,1-5H3. The number of nitrogens with zero attached hydrogens (tertiary/aromatic N) is 1. The first-order valence-corrected chi connectivity index (χ1v) is 7.64. The molecule has 1 aromatic rings. The summed E-state index contributed by atoms with van der Waals surface area (Å²) in [6, 6.07) is 6.91. The lowest BCUT2D eigenvalue weighted by Crippen LogP contribution is -2.47. The quantitative estimate of drug-likeness (QED) is 0.920. The lowest BCUT2D eigenvalue weighted by Gasteiger charge is -2.40. The van der Waals surface area contributed by atoms with Crippen molar-refractivity contribution in [3.63, 3.8) is 0 Å². The Morgan fingerprint density at radius 2 is 2.10 bits per heavy atom. The average Bonchev–Trinajstić information content (AvgIpc) is 2.43. The van der Waals surface area contributed by atoms with Gasteiger partial charge in [0.15, 0.2) is 0 Å². The maximum absolute atomic E-state index is 6.09. The predicted octanol–water partition coefficient (Wildman–Crippen LogP) is 3.31. The van der Waals surface area contributed by atoms with Gasteiger partial charge in [-0.2, -0.15) is 0 Å². The van der Waals surface area contributed by atoms with Gasteiger partial charge < -0.3 is 15.4 Å². The van der Waals surface area contributed by atoms with Crippen molar-refractivity contribution in [2.75, 3.05) is 18.0 Å². The maximum atomic E-state index is 6.09. The molecule has 0 saturated carbocycles. The van der Waals surface area contributed by atoms with Crippen LogP contribution in [0.1, 0.15) is 46.6 Å². The molecule has 2 atom stereocenters. The van der Waals surface area contributed by atoms with E-state index in [0.717, 1.165) is 18.7 Å². The number of rotatable bonds is 3. The fraction of sp³-hybridized carbons (Fsp3) is 0.647. The number of hydrogen-bond donors (Lipinski definition) is 1. The van der Waals surface area contributed by atoms with E-state index in [9.17, 15) is 0 Å². The molecule has 1 heterocycles. The van der Waals surface area contributed by atoms with Crippen LogP contribution < -0.4 is 15.4 Å². The van der Waals surface area contributed by atoms with Gasteiger partial charge in [0.05, 0.1) is 12.2 Å². The minimum atomic E-state index is 0.147. The van der Waals surface area contributed by atoms with E-state index in [1.54, 1.807) is 0 Å². The molecule has 3 heteroatoms. The summed E-state index contributed by atoms with van der Waals surface area (Å²) in [5.74, 6) is 0.997. The lowest BCUT2D eigenvalue weighted by molar-refractivity contribution is 0.185. The summed E-state index contributed by atoms with van der Waals surface area (Å²) < 4.78 is 6.09. The minimum Gasteiger partial charge on any atom is -0.486 e. The van der Waals surface area contributed by atoms with Gasteiger partial charge in [0.2, 0.25) is 0 Å². The molecule has 0 spiro atoms. The van der Waals surface area contributed by atoms with Gasteiger partial charge in [-0.1, -0.05) is 33.8 Å². The molecule has 0 saturated heterocycles. The largest absolute Gasteiger partial charge is 0.486 e. The first-order chi connectivity index (χ1) is 9.36. The summed E-state index contributed by atoms with van der Waals surface area (Å²) in [4.78, 5) is 2.40. The number of anilines is 1. The van der Waals surface area contributed by atoms with Gasteiger partial charge in [-0.3, -0.25) is 0 Å². The van der Waals surface area contributed by atoms with E-state index in [1.807, 2.05) is 0 Å². The van der Waals surface area contributed by atoms with Crippen LogP contribution in [0.3, 0.4) is 0 Å². The first-order valence-electron chi connectivity index (χ1n) is 7.64. The molecule has 0 aromatic heterocycles. The van der Waals surface area contributed by atoms with Crippen LogP contribution in [-0.4, -0.2) is 25.2 Å². The van der Waals surface area contributed by atoms with Crippen molar-refractivity contribution in [3.05, 3.63) is 23.8 Å². The fourth-order valence-corrected chi connectivity index (χ4v) is 2.60. The highest BCUT2D eigenvalue weighted by Gasteiger charge is 2.28. The predicted molar refractivity (Wildman–Crippen MR) is 85.7 cm³/mol. The highest BCUT2D eigenvalue weighted by atomic mass is 16.5. The maximum Gasteiger partial charge on any atom is 0.143 e. The first kappa shape index (κ1) is 15.2. The zero-order valence-electron chi connectivity index (χ0n) is 13.4. The summed E-state index contributed by atoms with van der Waals surface area (Å²) in [6.45, 7) is 12.7. The van der Waals surface area contributed by atoms with Gasteiger partial charge in [0.25, 0.3) is 0 Å². The van der Waals surface area contributed by atoms with E-state index in [-0.39, 0.29) is 11.5 Å². The van der Waals surface area contributed by atoms with E-state index in [4.69, 9.17) is 10.5 Å². The molecule has 1 aliphatic heterocycles. The monoisotopic (exact) mass is 276 g/mol. The molecule has 0 bridgehead atoms. The van der Waals surface area contributed by atoms with Crippen LogP contribution in [-0.2, 0) is 5.41 Å². The van der Waals surface area contributed by atoms with Crippen LogP contribution in [0.5, 0.6) is 5.75 Å². The van der Waals surface area contributed by atoms with Gasteiger partial charge in [-0.25, -0.2) is 0 Å². The zero-order valence-corrected chi connectivity index (χ0v) is 13.4. The summed E-state index contributed by atoms with van der Waals surface area (Å²) in [7, 11) is 0. The molecule has 2 rings (SSSR count). The molecule has 112 valence electrons. The van der Waals surface area contributed by atoms with Crippen molar-refractivity contribution in [1.29, 1.82) is 0 Å². The van der Waals surface area contributed by atoms with Crippen molar-refractivity contribution in [3.8, 4) is 5.75 Å². The third-order valence-electron chi connectivity index (χ3n) is 4.16. The Kier molecular flexibility index (Phi) is 4.28. The van der Waals surface area contributed by atoms with Crippen LogP contribution in [0.15, 0.2) is 18.2 Å². The molecule has 0 fully saturated rings. The molecule has 20 heavy (non-hydrogen) atoms. The Labute approximate surface area is 123 Å². The van der Waals surface area contributed by atoms with Crippen molar-refractivity contribution >= 4 is 5.69 Å². The summed E-state index contributed by atoms with van der Waals surface area (Å²) >= 11 is 0. The second-order valence-electron chi connectivity index (χ2n) is 6.82.